The molecule has 0 spiro atoms. The molecule has 1 amide bonds. The Kier molecular flexibility index (Phi) is 5.74. The van der Waals surface area contributed by atoms with Crippen LogP contribution >= 0.6 is 0 Å². The molecule has 2 aliphatic heterocycles. The van der Waals surface area contributed by atoms with E-state index < -0.39 is 0 Å². The Morgan fingerprint density at radius 3 is 2.72 bits per heavy atom. The normalized spacial score (nSPS) is 24.2. The fourth-order valence-corrected chi connectivity index (χ4v) is 5.15. The van der Waals surface area contributed by atoms with Gasteiger partial charge in [0.25, 0.3) is 0 Å². The third-order valence-electron chi connectivity index (χ3n) is 6.94. The first-order valence-corrected chi connectivity index (χ1v) is 10.5. The van der Waals surface area contributed by atoms with Gasteiger partial charge in [0.05, 0.1) is 6.20 Å². The number of hydrogen-bond donors (Lipinski definition) is 0. The molecule has 2 saturated heterocycles. The Hall–Kier alpha value is -2.18. The molecule has 0 N–H and O–H groups in total. The zero-order chi connectivity index (χ0) is 20.4. The highest BCUT2D eigenvalue weighted by atomic mass is 16.5. The number of rotatable bonds is 7. The zero-order valence-corrected chi connectivity index (χ0v) is 17.8. The Balaban J connectivity index is 1.49. The minimum Gasteiger partial charge on any atom is -0.375 e. The van der Waals surface area contributed by atoms with Crippen LogP contribution in [-0.2, 0) is 29.5 Å². The van der Waals surface area contributed by atoms with E-state index in [1.165, 1.54) is 16.8 Å². The van der Waals surface area contributed by atoms with Crippen LogP contribution in [0.5, 0.6) is 0 Å². The lowest BCUT2D eigenvalue weighted by molar-refractivity contribution is -0.134. The fraction of sp³-hybridized carbons (Fsp3) is 0.565. The second kappa shape index (κ2) is 8.28. The van der Waals surface area contributed by atoms with Gasteiger partial charge in [-0.1, -0.05) is 30.3 Å². The largest absolute Gasteiger partial charge is 0.375 e. The summed E-state index contributed by atoms with van der Waals surface area (Å²) >= 11 is 0. The van der Waals surface area contributed by atoms with Gasteiger partial charge in [-0.05, 0) is 31.2 Å². The lowest BCUT2D eigenvalue weighted by Gasteiger charge is -2.29. The monoisotopic (exact) mass is 396 g/mol. The van der Waals surface area contributed by atoms with Crippen molar-refractivity contribution in [2.24, 2.45) is 18.4 Å². The van der Waals surface area contributed by atoms with Gasteiger partial charge in [0, 0.05) is 63.6 Å². The highest BCUT2D eigenvalue weighted by Crippen LogP contribution is 2.46. The van der Waals surface area contributed by atoms with Gasteiger partial charge in [-0.25, -0.2) is 0 Å². The quantitative estimate of drug-likeness (QED) is 0.720. The molecule has 2 aliphatic rings. The van der Waals surface area contributed by atoms with Crippen LogP contribution in [-0.4, -0.2) is 65.4 Å². The van der Waals surface area contributed by atoms with Crippen LogP contribution in [0.4, 0.5) is 0 Å². The van der Waals surface area contributed by atoms with Crippen molar-refractivity contribution in [2.45, 2.75) is 26.3 Å². The van der Waals surface area contributed by atoms with Crippen LogP contribution in [0.1, 0.15) is 23.2 Å². The molecule has 1 aromatic carbocycles. The van der Waals surface area contributed by atoms with Gasteiger partial charge >= 0.3 is 0 Å². The van der Waals surface area contributed by atoms with E-state index in [2.05, 4.69) is 47.3 Å². The molecular formula is C23H32N4O2. The van der Waals surface area contributed by atoms with Crippen molar-refractivity contribution >= 4 is 5.91 Å². The molecule has 2 fully saturated rings. The van der Waals surface area contributed by atoms with Crippen molar-refractivity contribution in [3.63, 3.8) is 0 Å². The number of amides is 1. The van der Waals surface area contributed by atoms with Crippen LogP contribution in [0.3, 0.4) is 0 Å². The summed E-state index contributed by atoms with van der Waals surface area (Å²) in [5, 5.41) is 4.40. The third kappa shape index (κ3) is 4.09. The summed E-state index contributed by atoms with van der Waals surface area (Å²) in [5.41, 5.74) is 4.08. The van der Waals surface area contributed by atoms with Gasteiger partial charge in [-0.2, -0.15) is 5.10 Å². The van der Waals surface area contributed by atoms with Crippen molar-refractivity contribution < 1.29 is 9.53 Å². The Bertz CT molecular complexity index is 850. The van der Waals surface area contributed by atoms with Crippen LogP contribution in [0.15, 0.2) is 36.5 Å². The molecule has 29 heavy (non-hydrogen) atoms. The summed E-state index contributed by atoms with van der Waals surface area (Å²) in [6.45, 7) is 7.02. The minimum atomic E-state index is 0.121. The van der Waals surface area contributed by atoms with Crippen LogP contribution in [0.2, 0.25) is 0 Å². The maximum atomic E-state index is 12.5. The van der Waals surface area contributed by atoms with E-state index >= 15 is 0 Å². The number of aromatic nitrogens is 2. The van der Waals surface area contributed by atoms with Crippen molar-refractivity contribution in [1.29, 1.82) is 0 Å². The number of nitrogens with zero attached hydrogens (tertiary/aromatic N) is 4. The lowest BCUT2D eigenvalue weighted by Crippen LogP contribution is -2.38. The van der Waals surface area contributed by atoms with E-state index in [1.54, 1.807) is 7.11 Å². The fourth-order valence-electron chi connectivity index (χ4n) is 5.15. The summed E-state index contributed by atoms with van der Waals surface area (Å²) in [6, 6.07) is 10.7. The smallest absolute Gasteiger partial charge is 0.248 e. The number of ether oxygens (including phenoxy) is 1. The van der Waals surface area contributed by atoms with E-state index in [1.807, 2.05) is 22.8 Å². The predicted molar refractivity (Wildman–Crippen MR) is 112 cm³/mol. The van der Waals surface area contributed by atoms with Gasteiger partial charge in [0.15, 0.2) is 0 Å². The van der Waals surface area contributed by atoms with Gasteiger partial charge < -0.3 is 9.64 Å². The molecule has 0 bridgehead atoms. The predicted octanol–water partition coefficient (Wildman–Crippen LogP) is 2.27. The van der Waals surface area contributed by atoms with Crippen molar-refractivity contribution in [1.82, 2.24) is 19.6 Å². The SMILES string of the molecule is COCC(=O)N1CC2CN(Cc3cnn(C)c3C)CC2(CCc2ccccc2)C1. The van der Waals surface area contributed by atoms with Crippen LogP contribution < -0.4 is 0 Å². The van der Waals surface area contributed by atoms with E-state index in [9.17, 15) is 4.79 Å². The number of carbonyl (C=O) groups is 1. The summed E-state index contributed by atoms with van der Waals surface area (Å²) in [7, 11) is 3.59. The van der Waals surface area contributed by atoms with E-state index in [0.29, 0.717) is 5.92 Å². The maximum Gasteiger partial charge on any atom is 0.248 e. The van der Waals surface area contributed by atoms with E-state index in [-0.39, 0.29) is 17.9 Å². The molecule has 4 rings (SSSR count). The second-order valence-corrected chi connectivity index (χ2v) is 8.80. The summed E-state index contributed by atoms with van der Waals surface area (Å²) in [4.78, 5) is 17.1. The Labute approximate surface area is 173 Å². The number of aryl methyl sites for hydroxylation is 2. The molecule has 6 nitrogen and oxygen atoms in total. The molecule has 0 aliphatic carbocycles. The van der Waals surface area contributed by atoms with E-state index in [0.717, 1.165) is 45.6 Å². The van der Waals surface area contributed by atoms with Gasteiger partial charge in [0.1, 0.15) is 6.61 Å². The summed E-state index contributed by atoms with van der Waals surface area (Å²) in [5.74, 6) is 0.639. The highest BCUT2D eigenvalue weighted by molar-refractivity contribution is 5.78. The standard InChI is InChI=1S/C23H32N4O2/c1-18-20(11-24-25(18)2)12-26-13-21-14-27(22(28)15-29-3)17-23(21,16-26)10-9-19-7-5-4-6-8-19/h4-8,11,21H,9-10,12-17H2,1-3H3. The minimum absolute atomic E-state index is 0.121. The van der Waals surface area contributed by atoms with Crippen molar-refractivity contribution in [3.8, 4) is 0 Å². The van der Waals surface area contributed by atoms with Gasteiger partial charge in [-0.3, -0.25) is 14.4 Å². The van der Waals surface area contributed by atoms with Crippen molar-refractivity contribution in [2.75, 3.05) is 39.9 Å². The molecular weight excluding hydrogens is 364 g/mol. The van der Waals surface area contributed by atoms with Crippen molar-refractivity contribution in [3.05, 3.63) is 53.3 Å². The molecule has 156 valence electrons. The second-order valence-electron chi connectivity index (χ2n) is 8.80. The highest BCUT2D eigenvalue weighted by Gasteiger charge is 2.52. The number of carbonyl (C=O) groups excluding carboxylic acids is 1. The number of hydrogen-bond acceptors (Lipinski definition) is 4. The first-order chi connectivity index (χ1) is 14.0. The first-order valence-electron chi connectivity index (χ1n) is 10.5. The molecule has 0 saturated carbocycles. The summed E-state index contributed by atoms with van der Waals surface area (Å²) < 4.78 is 7.05. The average molecular weight is 397 g/mol. The molecule has 0 radical (unpaired) electrons. The number of fused-ring (bicyclic) bond motifs is 1. The molecule has 1 aromatic heterocycles. The molecule has 2 unspecified atom stereocenters. The number of likely N-dealkylation sites (tertiary alicyclic amines) is 2. The van der Waals surface area contributed by atoms with Crippen LogP contribution in [0, 0.1) is 18.3 Å². The maximum absolute atomic E-state index is 12.5. The first kappa shape index (κ1) is 20.1. The Morgan fingerprint density at radius 2 is 2.03 bits per heavy atom. The molecule has 6 heteroatoms. The van der Waals surface area contributed by atoms with Gasteiger partial charge in [-0.15, -0.1) is 0 Å². The molecule has 3 heterocycles. The molecule has 2 aromatic rings. The Morgan fingerprint density at radius 1 is 1.24 bits per heavy atom. The lowest BCUT2D eigenvalue weighted by atomic mass is 9.76. The van der Waals surface area contributed by atoms with Gasteiger partial charge in [0.2, 0.25) is 5.91 Å². The average Bonchev–Trinajstić information content (AvgIpc) is 3.33. The zero-order valence-electron chi connectivity index (χ0n) is 17.8. The third-order valence-corrected chi connectivity index (χ3v) is 6.94. The van der Waals surface area contributed by atoms with E-state index in [4.69, 9.17) is 4.74 Å². The number of methoxy groups -OCH3 is 1. The van der Waals surface area contributed by atoms with Crippen LogP contribution in [0.25, 0.3) is 0 Å². The topological polar surface area (TPSA) is 50.6 Å². The molecule has 2 atom stereocenters. The summed E-state index contributed by atoms with van der Waals surface area (Å²) in [6.07, 6.45) is 4.17. The number of benzene rings is 1.